The van der Waals surface area contributed by atoms with Crippen LogP contribution < -0.4 is 9.64 Å². The van der Waals surface area contributed by atoms with Crippen LogP contribution >= 0.6 is 0 Å². The molecule has 2 aliphatic heterocycles. The zero-order valence-corrected chi connectivity index (χ0v) is 16.7. The fourth-order valence-corrected chi connectivity index (χ4v) is 4.24. The summed E-state index contributed by atoms with van der Waals surface area (Å²) in [6, 6.07) is 14.0. The quantitative estimate of drug-likeness (QED) is 0.745. The zero-order chi connectivity index (χ0) is 20.2. The Labute approximate surface area is 171 Å². The second kappa shape index (κ2) is 8.93. The molecule has 0 aliphatic carbocycles. The van der Waals surface area contributed by atoms with E-state index in [0.29, 0.717) is 13.2 Å². The lowest BCUT2D eigenvalue weighted by molar-refractivity contribution is -0.122. The average Bonchev–Trinajstić information content (AvgIpc) is 3.15. The van der Waals surface area contributed by atoms with Gasteiger partial charge in [0.25, 0.3) is 0 Å². The Kier molecular flexibility index (Phi) is 6.11. The van der Waals surface area contributed by atoms with Crippen molar-refractivity contribution in [3.8, 4) is 5.75 Å². The molecule has 0 spiro atoms. The van der Waals surface area contributed by atoms with Crippen LogP contribution in [0.3, 0.4) is 0 Å². The molecular weight excluding hydrogens is 371 g/mol. The van der Waals surface area contributed by atoms with Gasteiger partial charge in [-0.05, 0) is 49.1 Å². The number of methoxy groups -OCH3 is 1. The van der Waals surface area contributed by atoms with Crippen LogP contribution in [0.1, 0.15) is 24.8 Å². The fourth-order valence-electron chi connectivity index (χ4n) is 4.24. The van der Waals surface area contributed by atoms with Gasteiger partial charge in [-0.3, -0.25) is 9.69 Å². The van der Waals surface area contributed by atoms with E-state index in [1.54, 1.807) is 19.2 Å². The van der Waals surface area contributed by atoms with Crippen LogP contribution in [0.2, 0.25) is 0 Å². The zero-order valence-electron chi connectivity index (χ0n) is 16.7. The number of carbonyl (C=O) groups is 1. The lowest BCUT2D eigenvalue weighted by Gasteiger charge is -2.35. The van der Waals surface area contributed by atoms with E-state index in [1.807, 2.05) is 29.2 Å². The van der Waals surface area contributed by atoms with Gasteiger partial charge in [-0.15, -0.1) is 0 Å². The Morgan fingerprint density at radius 2 is 1.72 bits per heavy atom. The molecule has 5 nitrogen and oxygen atoms in total. The summed E-state index contributed by atoms with van der Waals surface area (Å²) in [6.07, 6.45) is 2.81. The van der Waals surface area contributed by atoms with Crippen molar-refractivity contribution in [3.63, 3.8) is 0 Å². The first kappa shape index (κ1) is 19.9. The van der Waals surface area contributed by atoms with Crippen LogP contribution in [0.4, 0.5) is 10.1 Å². The standard InChI is InChI=1S/C23H27FN2O3/c1-28-22-5-3-2-4-20(22)26-15-12-21(23(26)27)25-13-10-19(11-14-25)29-16-17-6-8-18(24)9-7-17/h2-9,19,21H,10-16H2,1H3. The van der Waals surface area contributed by atoms with Crippen molar-refractivity contribution in [1.29, 1.82) is 0 Å². The van der Waals surface area contributed by atoms with Gasteiger partial charge in [0.2, 0.25) is 5.91 Å². The van der Waals surface area contributed by atoms with Crippen molar-refractivity contribution in [2.75, 3.05) is 31.6 Å². The number of nitrogens with zero attached hydrogens (tertiary/aromatic N) is 2. The van der Waals surface area contributed by atoms with Crippen molar-refractivity contribution in [2.24, 2.45) is 0 Å². The number of hydrogen-bond acceptors (Lipinski definition) is 4. The summed E-state index contributed by atoms with van der Waals surface area (Å²) in [7, 11) is 1.63. The Hall–Kier alpha value is -2.44. The number of amides is 1. The van der Waals surface area contributed by atoms with Gasteiger partial charge in [0.15, 0.2) is 0 Å². The Balaban J connectivity index is 1.30. The smallest absolute Gasteiger partial charge is 0.244 e. The van der Waals surface area contributed by atoms with E-state index in [9.17, 15) is 9.18 Å². The molecule has 2 aliphatic rings. The van der Waals surface area contributed by atoms with E-state index in [1.165, 1.54) is 12.1 Å². The van der Waals surface area contributed by atoms with Gasteiger partial charge in [-0.1, -0.05) is 24.3 Å². The van der Waals surface area contributed by atoms with E-state index >= 15 is 0 Å². The van der Waals surface area contributed by atoms with E-state index in [4.69, 9.17) is 9.47 Å². The third-order valence-corrected chi connectivity index (χ3v) is 5.87. The molecule has 0 radical (unpaired) electrons. The highest BCUT2D eigenvalue weighted by Crippen LogP contribution is 2.33. The molecule has 2 aromatic rings. The summed E-state index contributed by atoms with van der Waals surface area (Å²) < 4.78 is 24.4. The van der Waals surface area contributed by atoms with Crippen molar-refractivity contribution in [2.45, 2.75) is 38.0 Å². The molecule has 4 rings (SSSR count). The summed E-state index contributed by atoms with van der Waals surface area (Å²) >= 11 is 0. The van der Waals surface area contributed by atoms with Crippen LogP contribution in [0.5, 0.6) is 5.75 Å². The molecule has 2 aromatic carbocycles. The molecule has 2 fully saturated rings. The third kappa shape index (κ3) is 4.43. The Bertz CT molecular complexity index is 834. The Morgan fingerprint density at radius 3 is 2.45 bits per heavy atom. The SMILES string of the molecule is COc1ccccc1N1CCC(N2CCC(OCc3ccc(F)cc3)CC2)C1=O. The van der Waals surface area contributed by atoms with Crippen LogP contribution in [0.25, 0.3) is 0 Å². The van der Waals surface area contributed by atoms with Gasteiger partial charge in [0, 0.05) is 19.6 Å². The summed E-state index contributed by atoms with van der Waals surface area (Å²) in [6.45, 7) is 2.91. The van der Waals surface area contributed by atoms with E-state index in [-0.39, 0.29) is 23.9 Å². The molecular formula is C23H27FN2O3. The number of carbonyl (C=O) groups excluding carboxylic acids is 1. The average molecular weight is 398 g/mol. The maximum Gasteiger partial charge on any atom is 0.244 e. The molecule has 1 unspecified atom stereocenters. The van der Waals surface area contributed by atoms with E-state index < -0.39 is 0 Å². The molecule has 0 saturated carbocycles. The second-order valence-corrected chi connectivity index (χ2v) is 7.64. The van der Waals surface area contributed by atoms with Gasteiger partial charge in [0.05, 0.1) is 31.5 Å². The molecule has 2 saturated heterocycles. The first-order chi connectivity index (χ1) is 14.2. The largest absolute Gasteiger partial charge is 0.495 e. The number of benzene rings is 2. The molecule has 154 valence electrons. The van der Waals surface area contributed by atoms with Gasteiger partial charge in [-0.25, -0.2) is 4.39 Å². The number of halogens is 1. The lowest BCUT2D eigenvalue weighted by atomic mass is 10.0. The third-order valence-electron chi connectivity index (χ3n) is 5.87. The van der Waals surface area contributed by atoms with Crippen molar-refractivity contribution in [3.05, 3.63) is 59.9 Å². The summed E-state index contributed by atoms with van der Waals surface area (Å²) in [5.41, 5.74) is 1.83. The van der Waals surface area contributed by atoms with Crippen molar-refractivity contribution in [1.82, 2.24) is 4.90 Å². The highest BCUT2D eigenvalue weighted by Gasteiger charge is 2.38. The molecule has 1 atom stereocenters. The molecule has 0 bridgehead atoms. The normalized spacial score (nSPS) is 21.0. The maximum atomic E-state index is 13.1. The van der Waals surface area contributed by atoms with Gasteiger partial charge >= 0.3 is 0 Å². The first-order valence-corrected chi connectivity index (χ1v) is 10.2. The van der Waals surface area contributed by atoms with Crippen LogP contribution in [-0.2, 0) is 16.1 Å². The second-order valence-electron chi connectivity index (χ2n) is 7.64. The molecule has 0 aromatic heterocycles. The topological polar surface area (TPSA) is 42.0 Å². The number of likely N-dealkylation sites (tertiary alicyclic amines) is 1. The Morgan fingerprint density at radius 1 is 1.00 bits per heavy atom. The fraction of sp³-hybridized carbons (Fsp3) is 0.435. The molecule has 0 N–H and O–H groups in total. The van der Waals surface area contributed by atoms with Crippen LogP contribution in [0.15, 0.2) is 48.5 Å². The first-order valence-electron chi connectivity index (χ1n) is 10.2. The number of anilines is 1. The minimum Gasteiger partial charge on any atom is -0.495 e. The number of piperidine rings is 1. The van der Waals surface area contributed by atoms with Crippen LogP contribution in [0, 0.1) is 5.82 Å². The van der Waals surface area contributed by atoms with Crippen molar-refractivity contribution < 1.29 is 18.7 Å². The van der Waals surface area contributed by atoms with Crippen LogP contribution in [-0.4, -0.2) is 49.7 Å². The lowest BCUT2D eigenvalue weighted by Crippen LogP contribution is -2.47. The van der Waals surface area contributed by atoms with E-state index in [2.05, 4.69) is 4.90 Å². The van der Waals surface area contributed by atoms with Gasteiger partial charge in [0.1, 0.15) is 11.6 Å². The van der Waals surface area contributed by atoms with Gasteiger partial charge in [-0.2, -0.15) is 0 Å². The summed E-state index contributed by atoms with van der Waals surface area (Å²) in [5.74, 6) is 0.653. The predicted molar refractivity (Wildman–Crippen MR) is 110 cm³/mol. The minimum atomic E-state index is -0.231. The number of para-hydroxylation sites is 2. The highest BCUT2D eigenvalue weighted by atomic mass is 19.1. The summed E-state index contributed by atoms with van der Waals surface area (Å²) in [4.78, 5) is 17.2. The van der Waals surface area contributed by atoms with Crippen molar-refractivity contribution >= 4 is 11.6 Å². The highest BCUT2D eigenvalue weighted by molar-refractivity contribution is 6.00. The minimum absolute atomic E-state index is 0.0713. The number of rotatable bonds is 6. The molecule has 2 heterocycles. The number of hydrogen-bond donors (Lipinski definition) is 0. The summed E-state index contributed by atoms with van der Waals surface area (Å²) in [5, 5.41) is 0. The number of ether oxygens (including phenoxy) is 2. The predicted octanol–water partition coefficient (Wildman–Crippen LogP) is 3.62. The van der Waals surface area contributed by atoms with E-state index in [0.717, 1.165) is 49.4 Å². The van der Waals surface area contributed by atoms with Gasteiger partial charge < -0.3 is 14.4 Å². The monoisotopic (exact) mass is 398 g/mol. The molecule has 6 heteroatoms. The molecule has 29 heavy (non-hydrogen) atoms. The maximum absolute atomic E-state index is 13.1. The molecule has 1 amide bonds.